The first-order valence-corrected chi connectivity index (χ1v) is 11.3. The molecule has 7 heteroatoms. The van der Waals surface area contributed by atoms with E-state index in [9.17, 15) is 9.90 Å². The van der Waals surface area contributed by atoms with E-state index in [0.29, 0.717) is 10.6 Å². The van der Waals surface area contributed by atoms with E-state index in [1.165, 1.54) is 0 Å². The fourth-order valence-corrected chi connectivity index (χ4v) is 4.61. The molecule has 168 valence electrons. The molecular weight excluding hydrogens is 438 g/mol. The van der Waals surface area contributed by atoms with Gasteiger partial charge in [0.15, 0.2) is 0 Å². The highest BCUT2D eigenvalue weighted by Crippen LogP contribution is 2.35. The van der Waals surface area contributed by atoms with Crippen molar-refractivity contribution >= 4 is 28.5 Å². The molecule has 3 heterocycles. The first-order valence-electron chi connectivity index (χ1n) is 11.0. The number of halogens is 1. The SMILES string of the molecule is O=C(O)c1cccc2c1c(-c1cncc(-c3cccc(Cl)c3)c1)cn2CCN1CCOCC1. The van der Waals surface area contributed by atoms with Gasteiger partial charge in [0, 0.05) is 77.4 Å². The number of aromatic nitrogens is 2. The van der Waals surface area contributed by atoms with Gasteiger partial charge in [-0.1, -0.05) is 29.8 Å². The van der Waals surface area contributed by atoms with Gasteiger partial charge < -0.3 is 14.4 Å². The lowest BCUT2D eigenvalue weighted by atomic mass is 9.99. The Kier molecular flexibility index (Phi) is 6.13. The Morgan fingerprint density at radius 1 is 1.00 bits per heavy atom. The molecule has 1 aliphatic rings. The Balaban J connectivity index is 1.59. The van der Waals surface area contributed by atoms with Gasteiger partial charge in [0.05, 0.1) is 18.8 Å². The zero-order chi connectivity index (χ0) is 22.8. The molecule has 2 aromatic heterocycles. The minimum Gasteiger partial charge on any atom is -0.478 e. The van der Waals surface area contributed by atoms with E-state index in [0.717, 1.165) is 72.5 Å². The molecule has 1 N–H and O–H groups in total. The summed E-state index contributed by atoms with van der Waals surface area (Å²) in [6.07, 6.45) is 5.63. The van der Waals surface area contributed by atoms with E-state index in [2.05, 4.69) is 20.6 Å². The zero-order valence-electron chi connectivity index (χ0n) is 18.1. The summed E-state index contributed by atoms with van der Waals surface area (Å²) in [5, 5.41) is 11.3. The number of carboxylic acids is 1. The second-order valence-corrected chi connectivity index (χ2v) is 8.60. The number of hydrogen-bond acceptors (Lipinski definition) is 4. The van der Waals surface area contributed by atoms with Crippen molar-refractivity contribution in [2.45, 2.75) is 6.54 Å². The predicted octanol–water partition coefficient (Wildman–Crippen LogP) is 5.05. The predicted molar refractivity (Wildman–Crippen MR) is 130 cm³/mol. The van der Waals surface area contributed by atoms with E-state index in [1.807, 2.05) is 36.4 Å². The molecule has 0 spiro atoms. The highest BCUT2D eigenvalue weighted by molar-refractivity contribution is 6.30. The molecular formula is C26H24ClN3O3. The quantitative estimate of drug-likeness (QED) is 0.435. The molecule has 0 unspecified atom stereocenters. The average molecular weight is 462 g/mol. The van der Waals surface area contributed by atoms with Crippen molar-refractivity contribution in [3.63, 3.8) is 0 Å². The number of rotatable bonds is 6. The van der Waals surface area contributed by atoms with E-state index in [4.69, 9.17) is 16.3 Å². The fourth-order valence-electron chi connectivity index (χ4n) is 4.42. The van der Waals surface area contributed by atoms with Crippen LogP contribution in [0.4, 0.5) is 0 Å². The molecule has 0 bridgehead atoms. The van der Waals surface area contributed by atoms with Crippen molar-refractivity contribution in [1.82, 2.24) is 14.5 Å². The number of carboxylic acid groups (broad SMARTS) is 1. The van der Waals surface area contributed by atoms with Crippen LogP contribution in [0, 0.1) is 0 Å². The first kappa shape index (κ1) is 21.6. The summed E-state index contributed by atoms with van der Waals surface area (Å²) < 4.78 is 7.60. The summed E-state index contributed by atoms with van der Waals surface area (Å²) in [7, 11) is 0. The largest absolute Gasteiger partial charge is 0.478 e. The van der Waals surface area contributed by atoms with Crippen molar-refractivity contribution in [2.24, 2.45) is 0 Å². The van der Waals surface area contributed by atoms with Crippen LogP contribution in [0.5, 0.6) is 0 Å². The number of aromatic carboxylic acids is 1. The topological polar surface area (TPSA) is 67.6 Å². The van der Waals surface area contributed by atoms with Crippen molar-refractivity contribution in [2.75, 3.05) is 32.8 Å². The van der Waals surface area contributed by atoms with Crippen LogP contribution in [0.25, 0.3) is 33.2 Å². The van der Waals surface area contributed by atoms with Crippen molar-refractivity contribution in [1.29, 1.82) is 0 Å². The number of hydrogen-bond donors (Lipinski definition) is 1. The number of morpholine rings is 1. The van der Waals surface area contributed by atoms with Crippen molar-refractivity contribution in [3.05, 3.63) is 77.7 Å². The lowest BCUT2D eigenvalue weighted by molar-refractivity contribution is 0.0365. The Morgan fingerprint density at radius 3 is 2.58 bits per heavy atom. The summed E-state index contributed by atoms with van der Waals surface area (Å²) in [5.74, 6) is -0.938. The molecule has 6 nitrogen and oxygen atoms in total. The minimum absolute atomic E-state index is 0.292. The summed E-state index contributed by atoms with van der Waals surface area (Å²) in [6, 6.07) is 15.1. The molecule has 5 rings (SSSR count). The van der Waals surface area contributed by atoms with E-state index < -0.39 is 5.97 Å². The van der Waals surface area contributed by atoms with Crippen LogP contribution in [-0.2, 0) is 11.3 Å². The summed E-state index contributed by atoms with van der Waals surface area (Å²) in [5.41, 5.74) is 4.83. The third-order valence-electron chi connectivity index (χ3n) is 6.10. The first-order chi connectivity index (χ1) is 16.1. The molecule has 0 radical (unpaired) electrons. The molecule has 0 aliphatic carbocycles. The third kappa shape index (κ3) is 4.50. The maximum atomic E-state index is 12.1. The number of benzene rings is 2. The summed E-state index contributed by atoms with van der Waals surface area (Å²) in [4.78, 5) is 18.9. The Bertz CT molecular complexity index is 1310. The van der Waals surface area contributed by atoms with Crippen molar-refractivity contribution < 1.29 is 14.6 Å². The Labute approximate surface area is 197 Å². The van der Waals surface area contributed by atoms with Crippen LogP contribution in [0.3, 0.4) is 0 Å². The monoisotopic (exact) mass is 461 g/mol. The molecule has 1 aliphatic heterocycles. The highest BCUT2D eigenvalue weighted by atomic mass is 35.5. The smallest absolute Gasteiger partial charge is 0.336 e. The molecule has 1 saturated heterocycles. The Morgan fingerprint density at radius 2 is 1.79 bits per heavy atom. The van der Waals surface area contributed by atoms with Gasteiger partial charge in [-0.3, -0.25) is 9.88 Å². The molecule has 0 amide bonds. The highest BCUT2D eigenvalue weighted by Gasteiger charge is 2.19. The number of ether oxygens (including phenoxy) is 1. The van der Waals surface area contributed by atoms with Gasteiger partial charge in [0.1, 0.15) is 0 Å². The van der Waals surface area contributed by atoms with Crippen LogP contribution in [0.15, 0.2) is 67.1 Å². The maximum Gasteiger partial charge on any atom is 0.336 e. The summed E-state index contributed by atoms with van der Waals surface area (Å²) in [6.45, 7) is 4.98. The second kappa shape index (κ2) is 9.35. The van der Waals surface area contributed by atoms with Crippen LogP contribution in [-0.4, -0.2) is 58.4 Å². The average Bonchev–Trinajstić information content (AvgIpc) is 3.22. The van der Waals surface area contributed by atoms with Gasteiger partial charge >= 0.3 is 5.97 Å². The Hall–Kier alpha value is -3.19. The van der Waals surface area contributed by atoms with Gasteiger partial charge in [-0.15, -0.1) is 0 Å². The van der Waals surface area contributed by atoms with Crippen molar-refractivity contribution in [3.8, 4) is 22.3 Å². The van der Waals surface area contributed by atoms with Gasteiger partial charge in [0.25, 0.3) is 0 Å². The minimum atomic E-state index is -0.938. The maximum absolute atomic E-state index is 12.1. The molecule has 0 atom stereocenters. The normalized spacial score (nSPS) is 14.6. The van der Waals surface area contributed by atoms with Crippen LogP contribution in [0.2, 0.25) is 5.02 Å². The molecule has 2 aromatic carbocycles. The van der Waals surface area contributed by atoms with Gasteiger partial charge in [-0.05, 0) is 35.9 Å². The summed E-state index contributed by atoms with van der Waals surface area (Å²) >= 11 is 6.19. The van der Waals surface area contributed by atoms with Gasteiger partial charge in [-0.2, -0.15) is 0 Å². The molecule has 0 saturated carbocycles. The van der Waals surface area contributed by atoms with Crippen LogP contribution >= 0.6 is 11.6 Å². The lowest BCUT2D eigenvalue weighted by Gasteiger charge is -2.26. The second-order valence-electron chi connectivity index (χ2n) is 8.17. The number of nitrogens with zero attached hydrogens (tertiary/aromatic N) is 3. The molecule has 33 heavy (non-hydrogen) atoms. The van der Waals surface area contributed by atoms with Gasteiger partial charge in [0.2, 0.25) is 0 Å². The van der Waals surface area contributed by atoms with Crippen LogP contribution in [0.1, 0.15) is 10.4 Å². The number of carbonyl (C=O) groups is 1. The third-order valence-corrected chi connectivity index (χ3v) is 6.34. The number of pyridine rings is 1. The zero-order valence-corrected chi connectivity index (χ0v) is 18.8. The molecule has 4 aromatic rings. The number of fused-ring (bicyclic) bond motifs is 1. The fraction of sp³-hybridized carbons (Fsp3) is 0.231. The van der Waals surface area contributed by atoms with E-state index >= 15 is 0 Å². The van der Waals surface area contributed by atoms with Gasteiger partial charge in [-0.25, -0.2) is 4.79 Å². The lowest BCUT2D eigenvalue weighted by Crippen LogP contribution is -2.38. The molecule has 1 fully saturated rings. The standard InChI is InChI=1S/C26H24ClN3O3/c27-21-4-1-3-18(14-21)19-13-20(16-28-15-19)23-17-30(8-7-29-9-11-33-12-10-29)24-6-2-5-22(25(23)24)26(31)32/h1-6,13-17H,7-12H2,(H,31,32). The van der Waals surface area contributed by atoms with E-state index in [-0.39, 0.29) is 0 Å². The van der Waals surface area contributed by atoms with E-state index in [1.54, 1.807) is 24.5 Å². The van der Waals surface area contributed by atoms with Crippen LogP contribution < -0.4 is 0 Å².